The van der Waals surface area contributed by atoms with Gasteiger partial charge in [-0.2, -0.15) is 0 Å². The van der Waals surface area contributed by atoms with Crippen LogP contribution >= 0.6 is 11.6 Å². The molecule has 2 rings (SSSR count). The number of amides is 1. The molecule has 1 aliphatic carbocycles. The summed E-state index contributed by atoms with van der Waals surface area (Å²) in [7, 11) is 0. The molecule has 0 aliphatic heterocycles. The van der Waals surface area contributed by atoms with E-state index in [-0.39, 0.29) is 11.9 Å². The quantitative estimate of drug-likeness (QED) is 0.878. The van der Waals surface area contributed by atoms with E-state index >= 15 is 0 Å². The van der Waals surface area contributed by atoms with Crippen molar-refractivity contribution < 1.29 is 14.7 Å². The zero-order valence-corrected chi connectivity index (χ0v) is 12.9. The highest BCUT2D eigenvalue weighted by atomic mass is 35.5. The third kappa shape index (κ3) is 3.79. The zero-order valence-electron chi connectivity index (χ0n) is 12.1. The van der Waals surface area contributed by atoms with Gasteiger partial charge in [0.05, 0.1) is 10.9 Å². The molecule has 1 aromatic heterocycles. The first-order valence-electron chi connectivity index (χ1n) is 7.42. The minimum Gasteiger partial charge on any atom is -0.481 e. The van der Waals surface area contributed by atoms with E-state index in [1.54, 1.807) is 12.3 Å². The number of aromatic nitrogens is 1. The van der Waals surface area contributed by atoms with Crippen LogP contribution < -0.4 is 5.32 Å². The van der Waals surface area contributed by atoms with E-state index in [0.29, 0.717) is 30.1 Å². The summed E-state index contributed by atoms with van der Waals surface area (Å²) in [4.78, 5) is 23.7. The summed E-state index contributed by atoms with van der Waals surface area (Å²) in [5.74, 6) is -1.57. The topological polar surface area (TPSA) is 71.3 Å². The molecule has 1 saturated carbocycles. The third-order valence-electron chi connectivity index (χ3n) is 3.96. The average Bonchev–Trinajstić information content (AvgIpc) is 2.80. The standard InChI is InChI=1S/C15H21ClN2O3/c1-2-7-18-9-10(16)8-13(18)14(19)17-12-6-4-3-5-11(12)15(20)21/h8-9,11-12H,2-7H2,1H3,(H,17,19)(H,20,21). The molecule has 0 radical (unpaired) electrons. The Bertz CT molecular complexity index is 527. The van der Waals surface area contributed by atoms with E-state index in [2.05, 4.69) is 5.32 Å². The fourth-order valence-corrected chi connectivity index (χ4v) is 3.15. The molecule has 2 N–H and O–H groups in total. The summed E-state index contributed by atoms with van der Waals surface area (Å²) in [5.41, 5.74) is 0.497. The highest BCUT2D eigenvalue weighted by Gasteiger charge is 2.32. The molecule has 1 aliphatic rings. The number of rotatable bonds is 5. The van der Waals surface area contributed by atoms with E-state index in [1.165, 1.54) is 0 Å². The molecule has 116 valence electrons. The van der Waals surface area contributed by atoms with Crippen molar-refractivity contribution in [2.75, 3.05) is 0 Å². The van der Waals surface area contributed by atoms with Crippen LogP contribution in [-0.4, -0.2) is 27.6 Å². The summed E-state index contributed by atoms with van der Waals surface area (Å²) >= 11 is 5.97. The Hall–Kier alpha value is -1.49. The van der Waals surface area contributed by atoms with Crippen molar-refractivity contribution in [1.29, 1.82) is 0 Å². The smallest absolute Gasteiger partial charge is 0.308 e. The number of aliphatic carboxylic acids is 1. The van der Waals surface area contributed by atoms with Gasteiger partial charge >= 0.3 is 5.97 Å². The van der Waals surface area contributed by atoms with Crippen LogP contribution in [0.1, 0.15) is 49.5 Å². The maximum absolute atomic E-state index is 12.4. The largest absolute Gasteiger partial charge is 0.481 e. The molecule has 2 unspecified atom stereocenters. The minimum absolute atomic E-state index is 0.242. The fourth-order valence-electron chi connectivity index (χ4n) is 2.93. The average molecular weight is 313 g/mol. The first kappa shape index (κ1) is 15.9. The molecule has 21 heavy (non-hydrogen) atoms. The number of hydrogen-bond acceptors (Lipinski definition) is 2. The van der Waals surface area contributed by atoms with Crippen molar-refractivity contribution >= 4 is 23.5 Å². The second-order valence-corrected chi connectivity index (χ2v) is 5.98. The van der Waals surface area contributed by atoms with Gasteiger partial charge in [0.15, 0.2) is 0 Å². The molecule has 1 heterocycles. The van der Waals surface area contributed by atoms with Crippen molar-refractivity contribution in [3.8, 4) is 0 Å². The van der Waals surface area contributed by atoms with Crippen molar-refractivity contribution in [2.45, 2.75) is 51.6 Å². The second kappa shape index (κ2) is 6.98. The van der Waals surface area contributed by atoms with Gasteiger partial charge in [0.1, 0.15) is 5.69 Å². The van der Waals surface area contributed by atoms with Gasteiger partial charge in [0.2, 0.25) is 0 Å². The van der Waals surface area contributed by atoms with E-state index in [0.717, 1.165) is 19.3 Å². The molecule has 0 aromatic carbocycles. The number of carbonyl (C=O) groups excluding carboxylic acids is 1. The Balaban J connectivity index is 2.11. The van der Waals surface area contributed by atoms with Crippen LogP contribution in [0.15, 0.2) is 12.3 Å². The van der Waals surface area contributed by atoms with E-state index < -0.39 is 11.9 Å². The number of aryl methyl sites for hydroxylation is 1. The molecular weight excluding hydrogens is 292 g/mol. The van der Waals surface area contributed by atoms with Gasteiger partial charge in [-0.25, -0.2) is 0 Å². The zero-order chi connectivity index (χ0) is 15.4. The molecule has 0 spiro atoms. The number of hydrogen-bond donors (Lipinski definition) is 2. The molecule has 0 saturated heterocycles. The van der Waals surface area contributed by atoms with Crippen molar-refractivity contribution in [2.24, 2.45) is 5.92 Å². The van der Waals surface area contributed by atoms with Crippen molar-refractivity contribution in [3.05, 3.63) is 23.0 Å². The highest BCUT2D eigenvalue weighted by Crippen LogP contribution is 2.25. The third-order valence-corrected chi connectivity index (χ3v) is 4.17. The van der Waals surface area contributed by atoms with Crippen LogP contribution in [0, 0.1) is 5.92 Å². The van der Waals surface area contributed by atoms with Gasteiger partial charge in [0, 0.05) is 18.8 Å². The number of nitrogens with one attached hydrogen (secondary N) is 1. The molecular formula is C15H21ClN2O3. The fraction of sp³-hybridized carbons (Fsp3) is 0.600. The van der Waals surface area contributed by atoms with E-state index in [1.807, 2.05) is 11.5 Å². The normalized spacial score (nSPS) is 22.0. The SMILES string of the molecule is CCCn1cc(Cl)cc1C(=O)NC1CCCCC1C(=O)O. The lowest BCUT2D eigenvalue weighted by Crippen LogP contribution is -2.45. The van der Waals surface area contributed by atoms with Crippen LogP contribution in [0.2, 0.25) is 5.02 Å². The van der Waals surface area contributed by atoms with Crippen LogP contribution in [0.4, 0.5) is 0 Å². The first-order chi connectivity index (χ1) is 10.0. The van der Waals surface area contributed by atoms with Gasteiger partial charge < -0.3 is 15.0 Å². The summed E-state index contributed by atoms with van der Waals surface area (Å²) in [6, 6.07) is 1.33. The van der Waals surface area contributed by atoms with Crippen LogP contribution in [0.5, 0.6) is 0 Å². The number of carboxylic acid groups (broad SMARTS) is 1. The number of carboxylic acids is 1. The van der Waals surface area contributed by atoms with Crippen molar-refractivity contribution in [3.63, 3.8) is 0 Å². The lowest BCUT2D eigenvalue weighted by atomic mass is 9.84. The Morgan fingerprint density at radius 2 is 2.14 bits per heavy atom. The van der Waals surface area contributed by atoms with Gasteiger partial charge in [-0.15, -0.1) is 0 Å². The van der Waals surface area contributed by atoms with Gasteiger partial charge in [0.25, 0.3) is 5.91 Å². The monoisotopic (exact) mass is 312 g/mol. The Morgan fingerprint density at radius 1 is 1.43 bits per heavy atom. The maximum atomic E-state index is 12.4. The van der Waals surface area contributed by atoms with Crippen LogP contribution in [0.3, 0.4) is 0 Å². The van der Waals surface area contributed by atoms with E-state index in [4.69, 9.17) is 11.6 Å². The summed E-state index contributed by atoms with van der Waals surface area (Å²) < 4.78 is 1.82. The van der Waals surface area contributed by atoms with Crippen molar-refractivity contribution in [1.82, 2.24) is 9.88 Å². The summed E-state index contributed by atoms with van der Waals surface area (Å²) in [6.07, 6.45) is 5.82. The maximum Gasteiger partial charge on any atom is 0.308 e. The minimum atomic E-state index is -0.832. The van der Waals surface area contributed by atoms with Crippen LogP contribution in [-0.2, 0) is 11.3 Å². The van der Waals surface area contributed by atoms with Gasteiger partial charge in [-0.3, -0.25) is 9.59 Å². The predicted molar refractivity (Wildman–Crippen MR) is 80.6 cm³/mol. The number of carbonyl (C=O) groups is 2. The Labute approximate surface area is 129 Å². The molecule has 5 nitrogen and oxygen atoms in total. The molecule has 2 atom stereocenters. The Kier molecular flexibility index (Phi) is 5.28. The molecule has 0 bridgehead atoms. The highest BCUT2D eigenvalue weighted by molar-refractivity contribution is 6.31. The van der Waals surface area contributed by atoms with Crippen LogP contribution in [0.25, 0.3) is 0 Å². The molecule has 1 aromatic rings. The summed E-state index contributed by atoms with van der Waals surface area (Å²) in [5, 5.41) is 12.7. The number of nitrogens with zero attached hydrogens (tertiary/aromatic N) is 1. The van der Waals surface area contributed by atoms with E-state index in [9.17, 15) is 14.7 Å². The Morgan fingerprint density at radius 3 is 2.81 bits per heavy atom. The number of halogens is 1. The second-order valence-electron chi connectivity index (χ2n) is 5.55. The van der Waals surface area contributed by atoms with Gasteiger partial charge in [-0.1, -0.05) is 31.4 Å². The lowest BCUT2D eigenvalue weighted by molar-refractivity contribution is -0.143. The van der Waals surface area contributed by atoms with Gasteiger partial charge in [-0.05, 0) is 25.3 Å². The molecule has 1 fully saturated rings. The molecule has 6 heteroatoms. The lowest BCUT2D eigenvalue weighted by Gasteiger charge is -2.29. The first-order valence-corrected chi connectivity index (χ1v) is 7.80. The predicted octanol–water partition coefficient (Wildman–Crippen LogP) is 2.92. The summed E-state index contributed by atoms with van der Waals surface area (Å²) in [6.45, 7) is 2.74. The molecule has 1 amide bonds.